The summed E-state index contributed by atoms with van der Waals surface area (Å²) in [6.07, 6.45) is -1.42. The first-order chi connectivity index (χ1) is 25.2. The van der Waals surface area contributed by atoms with Crippen LogP contribution in [0.3, 0.4) is 0 Å². The van der Waals surface area contributed by atoms with E-state index in [2.05, 4.69) is 0 Å². The van der Waals surface area contributed by atoms with E-state index in [9.17, 15) is 18.9 Å². The van der Waals surface area contributed by atoms with Gasteiger partial charge in [0.15, 0.2) is 0 Å². The average Bonchev–Trinajstić information content (AvgIpc) is 3.59. The summed E-state index contributed by atoms with van der Waals surface area (Å²) in [4.78, 5) is 40.4. The highest BCUT2D eigenvalue weighted by Gasteiger charge is 2.46. The maximum atomic E-state index is 13.9. The summed E-state index contributed by atoms with van der Waals surface area (Å²) >= 11 is 0. The Kier molecular flexibility index (Phi) is 11.2. The molecule has 0 spiro atoms. The molecule has 1 fully saturated rings. The molecule has 12 nitrogen and oxygen atoms in total. The number of hydrogen-bond donors (Lipinski definition) is 0. The van der Waals surface area contributed by atoms with Gasteiger partial charge in [0.1, 0.15) is 35.5 Å². The van der Waals surface area contributed by atoms with Crippen molar-refractivity contribution in [3.63, 3.8) is 0 Å². The molecule has 0 aliphatic carbocycles. The Labute approximate surface area is 301 Å². The quantitative estimate of drug-likeness (QED) is 0.105. The van der Waals surface area contributed by atoms with Gasteiger partial charge in [0.05, 0.1) is 27.9 Å². The van der Waals surface area contributed by atoms with Gasteiger partial charge in [-0.3, -0.25) is 14.2 Å². The van der Waals surface area contributed by atoms with Crippen LogP contribution in [0.5, 0.6) is 11.5 Å². The molecule has 1 saturated heterocycles. The van der Waals surface area contributed by atoms with E-state index in [0.29, 0.717) is 16.1 Å². The third kappa shape index (κ3) is 7.25. The number of carbonyl (C=O) groups excluding carboxylic acids is 1. The molecule has 1 aliphatic heterocycles. The minimum absolute atomic E-state index is 0.0267. The van der Waals surface area contributed by atoms with E-state index in [0.717, 1.165) is 16.7 Å². The van der Waals surface area contributed by atoms with Crippen molar-refractivity contribution in [3.8, 4) is 11.5 Å². The van der Waals surface area contributed by atoms with Gasteiger partial charge in [-0.25, -0.2) is 4.79 Å². The summed E-state index contributed by atoms with van der Waals surface area (Å²) in [6.45, 7) is 1.40. The maximum Gasteiger partial charge on any atom is 0.697 e. The van der Waals surface area contributed by atoms with Gasteiger partial charge < -0.3 is 18.9 Å². The van der Waals surface area contributed by atoms with Gasteiger partial charge in [-0.15, -0.1) is 9.05 Å². The molecule has 0 amide bonds. The number of aryl methyl sites for hydroxylation is 1. The normalized spacial score (nSPS) is 17.5. The van der Waals surface area contributed by atoms with Gasteiger partial charge in [-0.2, -0.15) is 4.57 Å². The Morgan fingerprint density at radius 2 is 1.35 bits per heavy atom. The molecule has 1 unspecified atom stereocenters. The van der Waals surface area contributed by atoms with E-state index in [1.54, 1.807) is 32.4 Å². The van der Waals surface area contributed by atoms with Gasteiger partial charge in [0, 0.05) is 28.3 Å². The largest absolute Gasteiger partial charge is 0.697 e. The summed E-state index contributed by atoms with van der Waals surface area (Å²) in [5, 5.41) is 0. The van der Waals surface area contributed by atoms with E-state index in [1.165, 1.54) is 36.9 Å². The second-order valence-electron chi connectivity index (χ2n) is 12.0. The summed E-state index contributed by atoms with van der Waals surface area (Å²) in [6, 6.07) is 32.8. The number of ether oxygens (including phenoxy) is 4. The zero-order valence-corrected chi connectivity index (χ0v) is 29.9. The Bertz CT molecular complexity index is 2090. The van der Waals surface area contributed by atoms with Crippen molar-refractivity contribution < 1.29 is 37.4 Å². The number of aromatic nitrogens is 2. The van der Waals surface area contributed by atoms with Crippen molar-refractivity contribution in [3.05, 3.63) is 164 Å². The molecule has 5 aromatic rings. The van der Waals surface area contributed by atoms with Crippen molar-refractivity contribution in [1.82, 2.24) is 9.13 Å². The standard InChI is InChI=1S/C39H38N2O10P/c1-26-24-40(38(44)41(36(26)42)37(43)27-11-7-5-8-12-27)35-23-33(51-52(45)48-4)34(50-35)25-49-39(28-13-9-6-10-14-28,29-15-19-31(46-2)20-16-29)30-17-21-32(47-3)22-18-30/h5-22,24,33-35H,23,25H2,1-4H3/q+1/t33-,34+,35+/m0/s1. The molecule has 1 aliphatic rings. The van der Waals surface area contributed by atoms with Crippen LogP contribution >= 0.6 is 8.25 Å². The lowest BCUT2D eigenvalue weighted by Crippen LogP contribution is -2.45. The maximum absolute atomic E-state index is 13.9. The molecule has 52 heavy (non-hydrogen) atoms. The van der Waals surface area contributed by atoms with Crippen molar-refractivity contribution >= 4 is 14.2 Å². The third-order valence-electron chi connectivity index (χ3n) is 9.01. The highest BCUT2D eigenvalue weighted by molar-refractivity contribution is 7.33. The second kappa shape index (κ2) is 16.0. The van der Waals surface area contributed by atoms with Crippen LogP contribution in [0.1, 0.15) is 45.3 Å². The van der Waals surface area contributed by atoms with Crippen molar-refractivity contribution in [1.29, 1.82) is 0 Å². The molecule has 1 aromatic heterocycles. The van der Waals surface area contributed by atoms with Gasteiger partial charge in [-0.05, 0) is 60.0 Å². The lowest BCUT2D eigenvalue weighted by Gasteiger charge is -2.37. The fourth-order valence-corrected chi connectivity index (χ4v) is 6.89. The van der Waals surface area contributed by atoms with E-state index < -0.39 is 49.4 Å². The van der Waals surface area contributed by atoms with Crippen LogP contribution < -0.4 is 20.7 Å². The Morgan fingerprint density at radius 1 is 0.808 bits per heavy atom. The minimum Gasteiger partial charge on any atom is -0.497 e. The molecule has 268 valence electrons. The van der Waals surface area contributed by atoms with E-state index in [-0.39, 0.29) is 24.2 Å². The van der Waals surface area contributed by atoms with Crippen LogP contribution in [-0.4, -0.2) is 55.2 Å². The number of benzene rings is 4. The van der Waals surface area contributed by atoms with Gasteiger partial charge >= 0.3 is 13.9 Å². The first-order valence-corrected chi connectivity index (χ1v) is 17.6. The minimum atomic E-state index is -2.56. The van der Waals surface area contributed by atoms with Crippen LogP contribution in [0.25, 0.3) is 0 Å². The molecule has 0 bridgehead atoms. The molecular formula is C39H38N2O10P+. The lowest BCUT2D eigenvalue weighted by molar-refractivity contribution is -0.0920. The van der Waals surface area contributed by atoms with E-state index in [4.69, 9.17) is 28.0 Å². The molecule has 4 atom stereocenters. The Morgan fingerprint density at radius 3 is 1.88 bits per heavy atom. The highest BCUT2D eigenvalue weighted by atomic mass is 31.1. The Balaban J connectivity index is 1.41. The highest BCUT2D eigenvalue weighted by Crippen LogP contribution is 2.44. The van der Waals surface area contributed by atoms with E-state index in [1.807, 2.05) is 78.9 Å². The molecule has 6 rings (SSSR count). The predicted molar refractivity (Wildman–Crippen MR) is 192 cm³/mol. The van der Waals surface area contributed by atoms with Crippen molar-refractivity contribution in [2.45, 2.75) is 37.4 Å². The van der Waals surface area contributed by atoms with Crippen LogP contribution in [-0.2, 0) is 28.7 Å². The lowest BCUT2D eigenvalue weighted by atomic mass is 9.80. The van der Waals surface area contributed by atoms with Crippen LogP contribution in [0.2, 0.25) is 0 Å². The van der Waals surface area contributed by atoms with Gasteiger partial charge in [-0.1, -0.05) is 72.8 Å². The predicted octanol–water partition coefficient (Wildman–Crippen LogP) is 6.01. The molecule has 2 heterocycles. The van der Waals surface area contributed by atoms with Gasteiger partial charge in [0.25, 0.3) is 11.5 Å². The van der Waals surface area contributed by atoms with Crippen LogP contribution in [0.15, 0.2) is 125 Å². The smallest absolute Gasteiger partial charge is 0.497 e. The summed E-state index contributed by atoms with van der Waals surface area (Å²) in [5.74, 6) is 0.548. The first-order valence-electron chi connectivity index (χ1n) is 16.5. The fraction of sp³-hybridized carbons (Fsp3) is 0.256. The average molecular weight is 726 g/mol. The molecule has 0 N–H and O–H groups in total. The first kappa shape index (κ1) is 36.6. The topological polar surface area (TPSA) is 134 Å². The molecule has 13 heteroatoms. The zero-order chi connectivity index (χ0) is 36.8. The van der Waals surface area contributed by atoms with Crippen LogP contribution in [0, 0.1) is 6.92 Å². The van der Waals surface area contributed by atoms with E-state index >= 15 is 0 Å². The zero-order valence-electron chi connectivity index (χ0n) is 29.0. The number of carbonyl (C=O) groups is 1. The number of rotatable bonds is 13. The fourth-order valence-electron chi connectivity index (χ4n) is 6.36. The van der Waals surface area contributed by atoms with Gasteiger partial charge in [0.2, 0.25) is 0 Å². The second-order valence-corrected chi connectivity index (χ2v) is 13.1. The number of hydrogen-bond acceptors (Lipinski definition) is 10. The summed E-state index contributed by atoms with van der Waals surface area (Å²) in [7, 11) is 1.88. The molecular weight excluding hydrogens is 687 g/mol. The summed E-state index contributed by atoms with van der Waals surface area (Å²) in [5.41, 5.74) is -0.164. The van der Waals surface area contributed by atoms with Crippen molar-refractivity contribution in [2.75, 3.05) is 27.9 Å². The monoisotopic (exact) mass is 725 g/mol. The van der Waals surface area contributed by atoms with Crippen LogP contribution in [0.4, 0.5) is 0 Å². The molecule has 0 radical (unpaired) electrons. The summed E-state index contributed by atoms with van der Waals surface area (Å²) < 4.78 is 49.6. The Hall–Kier alpha value is -5.23. The SMILES string of the molecule is COc1ccc(C(OC[C@H]2O[C@@H](n3cc(C)c(=O)n(C(=O)c4ccccc4)c3=O)C[C@@H]2O[P+](=O)OC)(c2ccccc2)c2ccc(OC)cc2)cc1. The number of nitrogens with zero attached hydrogens (tertiary/aromatic N) is 2. The number of methoxy groups -OCH3 is 2. The van der Waals surface area contributed by atoms with Crippen molar-refractivity contribution in [2.24, 2.45) is 0 Å². The third-order valence-corrected chi connectivity index (χ3v) is 9.75. The molecule has 0 saturated carbocycles. The molecule has 4 aromatic carbocycles.